The van der Waals surface area contributed by atoms with Crippen LogP contribution in [0, 0.1) is 23.0 Å². The van der Waals surface area contributed by atoms with Gasteiger partial charge in [-0.2, -0.15) is 5.26 Å². The van der Waals surface area contributed by atoms with Crippen LogP contribution in [0.2, 0.25) is 0 Å². The van der Waals surface area contributed by atoms with Gasteiger partial charge in [-0.1, -0.05) is 31.2 Å². The molecule has 0 saturated carbocycles. The van der Waals surface area contributed by atoms with Crippen LogP contribution in [0.4, 0.5) is 25.0 Å². The summed E-state index contributed by atoms with van der Waals surface area (Å²) in [5.41, 5.74) is 1.47. The highest BCUT2D eigenvalue weighted by atomic mass is 19.1. The Bertz CT molecular complexity index is 1540. The Kier molecular flexibility index (Phi) is 5.64. The van der Waals surface area contributed by atoms with Crippen LogP contribution in [0.3, 0.4) is 0 Å². The normalized spacial score (nSPS) is 18.1. The number of carbonyl (C=O) groups is 1. The smallest absolute Gasteiger partial charge is 0.412 e. The van der Waals surface area contributed by atoms with Gasteiger partial charge in [-0.15, -0.1) is 0 Å². The number of nitrogens with one attached hydrogen (secondary N) is 3. The fourth-order valence-electron chi connectivity index (χ4n) is 5.10. The Morgan fingerprint density at radius 1 is 1.14 bits per heavy atom. The lowest BCUT2D eigenvalue weighted by Gasteiger charge is -2.44. The SMILES string of the molecule is C[C@H]1c2c(cc(F)c(-c3cccc4cc[nH]c34)c2F)NC(C)(C)C1OC(=O)Nc1cccc(C#N)c1. The van der Waals surface area contributed by atoms with Crippen molar-refractivity contribution in [3.05, 3.63) is 83.6 Å². The standard InChI is InChI=1S/C28H24F2N4O2/c1-15-22-21(13-20(29)23(24(22)30)19-9-5-7-17-10-11-32-25(17)19)34-28(2,3)26(15)36-27(35)33-18-8-4-6-16(12-18)14-31/h4-13,15,26,32,34H,1-3H3,(H,33,35)/t15-,26?/m0/s1. The average Bonchev–Trinajstić information content (AvgIpc) is 3.31. The van der Waals surface area contributed by atoms with E-state index in [1.165, 1.54) is 12.1 Å². The van der Waals surface area contributed by atoms with Gasteiger partial charge in [0.25, 0.3) is 0 Å². The van der Waals surface area contributed by atoms with E-state index in [1.54, 1.807) is 43.5 Å². The van der Waals surface area contributed by atoms with Crippen LogP contribution in [0.15, 0.2) is 60.8 Å². The summed E-state index contributed by atoms with van der Waals surface area (Å²) in [6.07, 6.45) is 0.210. The second kappa shape index (κ2) is 8.68. The van der Waals surface area contributed by atoms with Crippen LogP contribution in [0.5, 0.6) is 0 Å². The number of rotatable bonds is 3. The number of hydrogen-bond donors (Lipinski definition) is 3. The maximum absolute atomic E-state index is 16.1. The predicted molar refractivity (Wildman–Crippen MR) is 135 cm³/mol. The van der Waals surface area contributed by atoms with Gasteiger partial charge in [-0.25, -0.2) is 13.6 Å². The lowest BCUT2D eigenvalue weighted by molar-refractivity contribution is 0.0561. The van der Waals surface area contributed by atoms with Crippen molar-refractivity contribution in [2.24, 2.45) is 0 Å². The molecule has 0 saturated heterocycles. The molecule has 2 heterocycles. The maximum Gasteiger partial charge on any atom is 0.412 e. The van der Waals surface area contributed by atoms with Gasteiger partial charge in [0, 0.05) is 34.6 Å². The highest BCUT2D eigenvalue weighted by Crippen LogP contribution is 2.46. The first kappa shape index (κ1) is 23.4. The Morgan fingerprint density at radius 3 is 2.69 bits per heavy atom. The summed E-state index contributed by atoms with van der Waals surface area (Å²) >= 11 is 0. The highest BCUT2D eigenvalue weighted by molar-refractivity contribution is 5.95. The van der Waals surface area contributed by atoms with Crippen LogP contribution in [0.25, 0.3) is 22.0 Å². The number of ether oxygens (including phenoxy) is 1. The fourth-order valence-corrected chi connectivity index (χ4v) is 5.10. The Morgan fingerprint density at radius 2 is 1.92 bits per heavy atom. The van der Waals surface area contributed by atoms with Crippen molar-refractivity contribution < 1.29 is 18.3 Å². The van der Waals surface area contributed by atoms with Crippen LogP contribution in [-0.2, 0) is 4.74 Å². The number of nitrogens with zero attached hydrogens (tertiary/aromatic N) is 1. The molecule has 5 rings (SSSR count). The molecule has 6 nitrogen and oxygen atoms in total. The van der Waals surface area contributed by atoms with Crippen molar-refractivity contribution >= 4 is 28.4 Å². The largest absolute Gasteiger partial charge is 0.443 e. The van der Waals surface area contributed by atoms with E-state index in [9.17, 15) is 4.79 Å². The number of anilines is 2. The molecule has 3 aromatic carbocycles. The predicted octanol–water partition coefficient (Wildman–Crippen LogP) is 6.91. The molecule has 1 amide bonds. The van der Waals surface area contributed by atoms with Gasteiger partial charge in [0.2, 0.25) is 0 Å². The molecule has 0 spiro atoms. The summed E-state index contributed by atoms with van der Waals surface area (Å²) < 4.78 is 37.2. The third-order valence-electron chi connectivity index (χ3n) is 6.66. The van der Waals surface area contributed by atoms with Crippen molar-refractivity contribution in [2.75, 3.05) is 10.6 Å². The molecule has 3 N–H and O–H groups in total. The minimum absolute atomic E-state index is 0.133. The summed E-state index contributed by atoms with van der Waals surface area (Å²) in [5.74, 6) is -1.97. The Labute approximate surface area is 206 Å². The fraction of sp³-hybridized carbons (Fsp3) is 0.214. The van der Waals surface area contributed by atoms with E-state index in [4.69, 9.17) is 10.00 Å². The number of H-pyrrole nitrogens is 1. The molecule has 0 fully saturated rings. The van der Waals surface area contributed by atoms with Crippen molar-refractivity contribution in [3.8, 4) is 17.2 Å². The molecule has 1 unspecified atom stereocenters. The Balaban J connectivity index is 1.51. The maximum atomic E-state index is 16.1. The minimum Gasteiger partial charge on any atom is -0.443 e. The molecule has 4 aromatic rings. The topological polar surface area (TPSA) is 89.9 Å². The van der Waals surface area contributed by atoms with Crippen molar-refractivity contribution in [1.29, 1.82) is 5.26 Å². The molecule has 0 bridgehead atoms. The summed E-state index contributed by atoms with van der Waals surface area (Å²) in [7, 11) is 0. The van der Waals surface area contributed by atoms with Gasteiger partial charge in [-0.3, -0.25) is 5.32 Å². The quantitative estimate of drug-likeness (QED) is 0.294. The molecule has 1 aromatic heterocycles. The van der Waals surface area contributed by atoms with Crippen LogP contribution in [0.1, 0.15) is 37.8 Å². The third kappa shape index (κ3) is 3.93. The molecule has 1 aliphatic rings. The van der Waals surface area contributed by atoms with E-state index >= 15 is 8.78 Å². The van der Waals surface area contributed by atoms with E-state index < -0.39 is 35.3 Å². The zero-order valence-electron chi connectivity index (χ0n) is 19.9. The van der Waals surface area contributed by atoms with E-state index in [2.05, 4.69) is 15.6 Å². The first-order valence-electron chi connectivity index (χ1n) is 11.5. The number of benzene rings is 3. The molecule has 1 aliphatic heterocycles. The van der Waals surface area contributed by atoms with Gasteiger partial charge in [-0.05, 0) is 49.6 Å². The second-order valence-corrected chi connectivity index (χ2v) is 9.53. The third-order valence-corrected chi connectivity index (χ3v) is 6.66. The number of aromatic amines is 1. The van der Waals surface area contributed by atoms with Gasteiger partial charge < -0.3 is 15.0 Å². The molecule has 0 aliphatic carbocycles. The highest BCUT2D eigenvalue weighted by Gasteiger charge is 2.45. The second-order valence-electron chi connectivity index (χ2n) is 9.53. The zero-order chi connectivity index (χ0) is 25.6. The van der Waals surface area contributed by atoms with E-state index in [-0.39, 0.29) is 11.1 Å². The zero-order valence-corrected chi connectivity index (χ0v) is 19.9. The number of amides is 1. The van der Waals surface area contributed by atoms with Gasteiger partial charge in [0.15, 0.2) is 0 Å². The summed E-state index contributed by atoms with van der Waals surface area (Å²) in [6.45, 7) is 5.38. The number of nitriles is 1. The molecule has 8 heteroatoms. The van der Waals surface area contributed by atoms with E-state index in [0.717, 1.165) is 5.39 Å². The lowest BCUT2D eigenvalue weighted by atomic mass is 9.77. The van der Waals surface area contributed by atoms with E-state index in [0.29, 0.717) is 28.0 Å². The lowest BCUT2D eigenvalue weighted by Crippen LogP contribution is -2.52. The summed E-state index contributed by atoms with van der Waals surface area (Å²) in [6, 6.07) is 16.9. The molecule has 0 radical (unpaired) electrons. The van der Waals surface area contributed by atoms with E-state index in [1.807, 2.05) is 32.0 Å². The van der Waals surface area contributed by atoms with Gasteiger partial charge in [0.05, 0.1) is 28.3 Å². The van der Waals surface area contributed by atoms with Gasteiger partial charge >= 0.3 is 6.09 Å². The van der Waals surface area contributed by atoms with Crippen LogP contribution >= 0.6 is 0 Å². The molecule has 36 heavy (non-hydrogen) atoms. The number of fused-ring (bicyclic) bond motifs is 2. The van der Waals surface area contributed by atoms with Crippen molar-refractivity contribution in [2.45, 2.75) is 38.3 Å². The summed E-state index contributed by atoms with van der Waals surface area (Å²) in [5, 5.41) is 15.7. The monoisotopic (exact) mass is 486 g/mol. The number of hydrogen-bond acceptors (Lipinski definition) is 4. The molecule has 182 valence electrons. The molecular formula is C28H24F2N4O2. The van der Waals surface area contributed by atoms with Crippen LogP contribution < -0.4 is 10.6 Å². The van der Waals surface area contributed by atoms with Gasteiger partial charge in [0.1, 0.15) is 17.7 Å². The number of para-hydroxylation sites is 1. The van der Waals surface area contributed by atoms with Crippen molar-refractivity contribution in [3.63, 3.8) is 0 Å². The number of aromatic nitrogens is 1. The van der Waals surface area contributed by atoms with Crippen molar-refractivity contribution in [1.82, 2.24) is 4.98 Å². The van der Waals surface area contributed by atoms with Crippen LogP contribution in [-0.4, -0.2) is 22.7 Å². The molecular weight excluding hydrogens is 462 g/mol. The summed E-state index contributed by atoms with van der Waals surface area (Å²) in [4.78, 5) is 15.8. The first-order chi connectivity index (χ1) is 17.2. The first-order valence-corrected chi connectivity index (χ1v) is 11.5. The molecule has 2 atom stereocenters. The number of carbonyl (C=O) groups excluding carboxylic acids is 1. The number of halogens is 2. The average molecular weight is 487 g/mol. The minimum atomic E-state index is -0.821. The Hall–Kier alpha value is -4.38.